The second kappa shape index (κ2) is 4.68. The van der Waals surface area contributed by atoms with E-state index in [2.05, 4.69) is 27.8 Å². The summed E-state index contributed by atoms with van der Waals surface area (Å²) in [6.07, 6.45) is -0.182. The van der Waals surface area contributed by atoms with Crippen molar-refractivity contribution in [1.82, 2.24) is 0 Å². The molecule has 0 aliphatic heterocycles. The summed E-state index contributed by atoms with van der Waals surface area (Å²) >= 11 is 3.13. The maximum Gasteiger partial charge on any atom is 0.315 e. The van der Waals surface area contributed by atoms with Gasteiger partial charge < -0.3 is 10.2 Å². The van der Waals surface area contributed by atoms with Crippen LogP contribution in [-0.2, 0) is 4.79 Å². The molecule has 0 amide bonds. The minimum absolute atomic E-state index is 0.133. The molecule has 0 bridgehead atoms. The summed E-state index contributed by atoms with van der Waals surface area (Å²) in [5, 5.41) is 17.5. The molecule has 4 heteroatoms. The van der Waals surface area contributed by atoms with Crippen LogP contribution in [0.2, 0.25) is 0 Å². The van der Waals surface area contributed by atoms with E-state index in [4.69, 9.17) is 10.2 Å². The SMILES string of the molecule is O=C(O)CC#Cc1ccc(O)c(Br)c1. The molecule has 0 fully saturated rings. The van der Waals surface area contributed by atoms with Gasteiger partial charge in [-0.3, -0.25) is 4.79 Å². The minimum atomic E-state index is -0.949. The van der Waals surface area contributed by atoms with Gasteiger partial charge in [0.05, 0.1) is 4.47 Å². The summed E-state index contributed by atoms with van der Waals surface area (Å²) in [6.45, 7) is 0. The summed E-state index contributed by atoms with van der Waals surface area (Å²) in [4.78, 5) is 10.2. The first kappa shape index (κ1) is 10.6. The first-order chi connectivity index (χ1) is 6.59. The lowest BCUT2D eigenvalue weighted by Gasteiger charge is -1.95. The van der Waals surface area contributed by atoms with Crippen LogP contribution >= 0.6 is 15.9 Å². The molecule has 0 saturated carbocycles. The molecular formula is C10H7BrO3. The van der Waals surface area contributed by atoms with Crippen molar-refractivity contribution in [1.29, 1.82) is 0 Å². The Morgan fingerprint density at radius 3 is 2.79 bits per heavy atom. The molecule has 0 aliphatic rings. The van der Waals surface area contributed by atoms with E-state index in [1.165, 1.54) is 6.07 Å². The number of phenolic OH excluding ortho intramolecular Hbond substituents is 1. The van der Waals surface area contributed by atoms with Crippen LogP contribution in [-0.4, -0.2) is 16.2 Å². The molecule has 72 valence electrons. The molecule has 0 unspecified atom stereocenters. The van der Waals surface area contributed by atoms with Crippen LogP contribution in [0.5, 0.6) is 5.75 Å². The number of hydrogen-bond donors (Lipinski definition) is 2. The summed E-state index contributed by atoms with van der Waals surface area (Å²) < 4.78 is 0.541. The van der Waals surface area contributed by atoms with Gasteiger partial charge in [0.2, 0.25) is 0 Å². The number of carboxylic acid groups (broad SMARTS) is 1. The van der Waals surface area contributed by atoms with E-state index in [1.807, 2.05) is 0 Å². The third-order valence-corrected chi connectivity index (χ3v) is 2.06. The smallest absolute Gasteiger partial charge is 0.315 e. The fraction of sp³-hybridized carbons (Fsp3) is 0.100. The maximum absolute atomic E-state index is 10.2. The Morgan fingerprint density at radius 2 is 2.21 bits per heavy atom. The number of halogens is 1. The molecule has 0 heterocycles. The predicted octanol–water partition coefficient (Wildman–Crippen LogP) is 1.98. The van der Waals surface area contributed by atoms with E-state index >= 15 is 0 Å². The van der Waals surface area contributed by atoms with Crippen molar-refractivity contribution in [3.05, 3.63) is 28.2 Å². The zero-order chi connectivity index (χ0) is 10.6. The van der Waals surface area contributed by atoms with Crippen molar-refractivity contribution in [2.75, 3.05) is 0 Å². The van der Waals surface area contributed by atoms with Gasteiger partial charge in [0, 0.05) is 5.56 Å². The van der Waals surface area contributed by atoms with Gasteiger partial charge in [0.25, 0.3) is 0 Å². The number of carbonyl (C=O) groups is 1. The lowest BCUT2D eigenvalue weighted by Crippen LogP contribution is -1.90. The molecule has 0 aromatic heterocycles. The van der Waals surface area contributed by atoms with Crippen LogP contribution in [0.25, 0.3) is 0 Å². The fourth-order valence-electron chi connectivity index (χ4n) is 0.807. The summed E-state index contributed by atoms with van der Waals surface area (Å²) in [5.74, 6) is 4.35. The zero-order valence-electron chi connectivity index (χ0n) is 7.12. The highest BCUT2D eigenvalue weighted by Crippen LogP contribution is 2.23. The van der Waals surface area contributed by atoms with E-state index in [-0.39, 0.29) is 12.2 Å². The lowest BCUT2D eigenvalue weighted by molar-refractivity contribution is -0.135. The Labute approximate surface area is 89.5 Å². The standard InChI is InChI=1S/C10H7BrO3/c11-8-6-7(4-5-9(8)12)2-1-3-10(13)14/h4-6,12H,3H2,(H,13,14). The number of hydrogen-bond acceptors (Lipinski definition) is 2. The average Bonchev–Trinajstić information content (AvgIpc) is 2.10. The van der Waals surface area contributed by atoms with Crippen molar-refractivity contribution < 1.29 is 15.0 Å². The molecule has 0 spiro atoms. The molecule has 1 aromatic carbocycles. The van der Waals surface area contributed by atoms with E-state index in [1.54, 1.807) is 12.1 Å². The number of phenols is 1. The van der Waals surface area contributed by atoms with Gasteiger partial charge in [-0.25, -0.2) is 0 Å². The second-order valence-corrected chi connectivity index (χ2v) is 3.39. The minimum Gasteiger partial charge on any atom is -0.507 e. The van der Waals surface area contributed by atoms with Crippen LogP contribution in [0.4, 0.5) is 0 Å². The molecule has 0 aliphatic carbocycles. The molecule has 0 radical (unpaired) electrons. The monoisotopic (exact) mass is 254 g/mol. The normalized spacial score (nSPS) is 8.93. The molecule has 1 rings (SSSR count). The van der Waals surface area contributed by atoms with E-state index < -0.39 is 5.97 Å². The third kappa shape index (κ3) is 3.11. The Kier molecular flexibility index (Phi) is 3.55. The van der Waals surface area contributed by atoms with Gasteiger partial charge in [-0.15, -0.1) is 0 Å². The van der Waals surface area contributed by atoms with Crippen molar-refractivity contribution in [2.24, 2.45) is 0 Å². The Balaban J connectivity index is 2.81. The number of rotatable bonds is 1. The molecule has 2 N–H and O–H groups in total. The van der Waals surface area contributed by atoms with Crippen molar-refractivity contribution in [3.8, 4) is 17.6 Å². The Morgan fingerprint density at radius 1 is 1.50 bits per heavy atom. The molecule has 1 aromatic rings. The van der Waals surface area contributed by atoms with Crippen LogP contribution < -0.4 is 0 Å². The molecular weight excluding hydrogens is 248 g/mol. The van der Waals surface area contributed by atoms with Crippen LogP contribution in [0.15, 0.2) is 22.7 Å². The first-order valence-corrected chi connectivity index (χ1v) is 4.58. The topological polar surface area (TPSA) is 57.5 Å². The maximum atomic E-state index is 10.2. The molecule has 0 saturated heterocycles. The summed E-state index contributed by atoms with van der Waals surface area (Å²) in [6, 6.07) is 4.74. The van der Waals surface area contributed by atoms with Crippen LogP contribution in [0, 0.1) is 11.8 Å². The zero-order valence-corrected chi connectivity index (χ0v) is 8.71. The summed E-state index contributed by atoms with van der Waals surface area (Å²) in [5.41, 5.74) is 0.663. The average molecular weight is 255 g/mol. The van der Waals surface area contributed by atoms with Gasteiger partial charge in [-0.05, 0) is 34.1 Å². The number of carboxylic acids is 1. The van der Waals surface area contributed by atoms with E-state index in [0.29, 0.717) is 10.0 Å². The van der Waals surface area contributed by atoms with Gasteiger partial charge in [0.1, 0.15) is 12.2 Å². The van der Waals surface area contributed by atoms with E-state index in [0.717, 1.165) is 0 Å². The quantitative estimate of drug-likeness (QED) is 0.754. The Bertz CT molecular complexity index is 415. The number of benzene rings is 1. The van der Waals surface area contributed by atoms with Gasteiger partial charge in [-0.1, -0.05) is 11.8 Å². The number of aromatic hydroxyl groups is 1. The van der Waals surface area contributed by atoms with Gasteiger partial charge in [-0.2, -0.15) is 0 Å². The number of aliphatic carboxylic acids is 1. The first-order valence-electron chi connectivity index (χ1n) is 3.79. The molecule has 0 atom stereocenters. The van der Waals surface area contributed by atoms with Gasteiger partial charge >= 0.3 is 5.97 Å². The Hall–Kier alpha value is -1.47. The highest BCUT2D eigenvalue weighted by atomic mass is 79.9. The van der Waals surface area contributed by atoms with Crippen LogP contribution in [0.1, 0.15) is 12.0 Å². The van der Waals surface area contributed by atoms with E-state index in [9.17, 15) is 4.79 Å². The van der Waals surface area contributed by atoms with Gasteiger partial charge in [0.15, 0.2) is 0 Å². The largest absolute Gasteiger partial charge is 0.507 e. The highest BCUT2D eigenvalue weighted by Gasteiger charge is 1.96. The van der Waals surface area contributed by atoms with Crippen LogP contribution in [0.3, 0.4) is 0 Å². The third-order valence-electron chi connectivity index (χ3n) is 1.42. The fourth-order valence-corrected chi connectivity index (χ4v) is 1.19. The van der Waals surface area contributed by atoms with Crippen molar-refractivity contribution in [3.63, 3.8) is 0 Å². The van der Waals surface area contributed by atoms with Crippen molar-refractivity contribution >= 4 is 21.9 Å². The molecule has 3 nitrogen and oxygen atoms in total. The molecule has 14 heavy (non-hydrogen) atoms. The second-order valence-electron chi connectivity index (χ2n) is 2.54. The van der Waals surface area contributed by atoms with Crippen molar-refractivity contribution in [2.45, 2.75) is 6.42 Å². The lowest BCUT2D eigenvalue weighted by atomic mass is 10.2. The summed E-state index contributed by atoms with van der Waals surface area (Å²) in [7, 11) is 0. The highest BCUT2D eigenvalue weighted by molar-refractivity contribution is 9.10. The predicted molar refractivity (Wildman–Crippen MR) is 54.9 cm³/mol.